The molecule has 1 heterocycles. The van der Waals surface area contributed by atoms with Crippen LogP contribution in [0.3, 0.4) is 0 Å². The number of likely N-dealkylation sites (N-methyl/N-ethyl adjacent to an activating group) is 1. The number of thiophene rings is 1. The molecule has 0 bridgehead atoms. The van der Waals surface area contributed by atoms with E-state index in [9.17, 15) is 9.59 Å². The van der Waals surface area contributed by atoms with Crippen LogP contribution in [0.5, 0.6) is 0 Å². The molecule has 4 nitrogen and oxygen atoms in total. The maximum Gasteiger partial charge on any atom is 0.323 e. The fraction of sp³-hybridized carbons (Fsp3) is 0.333. The SMILES string of the molecule is CCN(CC(=O)O)C(=O)c1cc(Br)sc1Br. The van der Waals surface area contributed by atoms with Crippen LogP contribution >= 0.6 is 43.2 Å². The van der Waals surface area contributed by atoms with E-state index in [1.54, 1.807) is 13.0 Å². The minimum atomic E-state index is -1.01. The minimum absolute atomic E-state index is 0.279. The third kappa shape index (κ3) is 3.29. The average molecular weight is 371 g/mol. The Bertz CT molecular complexity index is 419. The van der Waals surface area contributed by atoms with Crippen molar-refractivity contribution < 1.29 is 14.7 Å². The Hall–Kier alpha value is -0.400. The molecule has 88 valence electrons. The second-order valence-corrected chi connectivity index (χ2v) is 6.70. The van der Waals surface area contributed by atoms with E-state index in [0.29, 0.717) is 15.9 Å². The molecule has 0 saturated heterocycles. The molecule has 0 aromatic carbocycles. The van der Waals surface area contributed by atoms with Crippen LogP contribution in [0.4, 0.5) is 0 Å². The molecule has 1 aromatic rings. The van der Waals surface area contributed by atoms with Gasteiger partial charge in [0.2, 0.25) is 0 Å². The van der Waals surface area contributed by atoms with Crippen molar-refractivity contribution in [3.63, 3.8) is 0 Å². The lowest BCUT2D eigenvalue weighted by Gasteiger charge is -2.17. The molecule has 1 amide bonds. The van der Waals surface area contributed by atoms with Crippen LogP contribution in [0.1, 0.15) is 17.3 Å². The van der Waals surface area contributed by atoms with Crippen LogP contribution in [-0.2, 0) is 4.79 Å². The summed E-state index contributed by atoms with van der Waals surface area (Å²) in [7, 11) is 0. The highest BCUT2D eigenvalue weighted by Crippen LogP contribution is 2.32. The number of hydrogen-bond acceptors (Lipinski definition) is 3. The zero-order chi connectivity index (χ0) is 12.3. The molecule has 0 aliphatic rings. The van der Waals surface area contributed by atoms with Gasteiger partial charge in [-0.15, -0.1) is 11.3 Å². The molecular formula is C9H9Br2NO3S. The van der Waals surface area contributed by atoms with Gasteiger partial charge in [0.1, 0.15) is 6.54 Å². The number of carbonyl (C=O) groups is 2. The molecule has 7 heteroatoms. The van der Waals surface area contributed by atoms with Crippen LogP contribution in [-0.4, -0.2) is 35.0 Å². The van der Waals surface area contributed by atoms with E-state index < -0.39 is 5.97 Å². The first kappa shape index (κ1) is 13.7. The van der Waals surface area contributed by atoms with E-state index in [0.717, 1.165) is 3.79 Å². The normalized spacial score (nSPS) is 10.2. The Morgan fingerprint density at radius 2 is 2.12 bits per heavy atom. The number of carboxylic acids is 1. The van der Waals surface area contributed by atoms with Gasteiger partial charge in [0, 0.05) is 6.54 Å². The summed E-state index contributed by atoms with van der Waals surface area (Å²) in [6, 6.07) is 1.68. The molecule has 0 saturated carbocycles. The first-order chi connectivity index (χ1) is 7.45. The number of hydrogen-bond donors (Lipinski definition) is 1. The topological polar surface area (TPSA) is 57.6 Å². The Morgan fingerprint density at radius 1 is 1.50 bits per heavy atom. The average Bonchev–Trinajstić information content (AvgIpc) is 2.53. The summed E-state index contributed by atoms with van der Waals surface area (Å²) >= 11 is 7.93. The highest BCUT2D eigenvalue weighted by Gasteiger charge is 2.20. The number of carbonyl (C=O) groups excluding carboxylic acids is 1. The number of halogens is 2. The Labute approximate surface area is 114 Å². The fourth-order valence-electron chi connectivity index (χ4n) is 1.15. The molecule has 0 aliphatic carbocycles. The Kier molecular flexibility index (Phi) is 4.94. The lowest BCUT2D eigenvalue weighted by atomic mass is 10.3. The molecule has 0 radical (unpaired) electrons. The van der Waals surface area contributed by atoms with Crippen molar-refractivity contribution >= 4 is 55.1 Å². The maximum absolute atomic E-state index is 12.0. The molecule has 0 fully saturated rings. The third-order valence-corrected chi connectivity index (χ3v) is 4.22. The van der Waals surface area contributed by atoms with Crippen LogP contribution in [0.25, 0.3) is 0 Å². The molecule has 1 aromatic heterocycles. The second-order valence-electron chi connectivity index (χ2n) is 2.95. The predicted molar refractivity (Wildman–Crippen MR) is 68.9 cm³/mol. The van der Waals surface area contributed by atoms with Gasteiger partial charge >= 0.3 is 5.97 Å². The summed E-state index contributed by atoms with van der Waals surface area (Å²) in [6.07, 6.45) is 0. The lowest BCUT2D eigenvalue weighted by Crippen LogP contribution is -2.35. The summed E-state index contributed by atoms with van der Waals surface area (Å²) in [4.78, 5) is 23.8. The van der Waals surface area contributed by atoms with Gasteiger partial charge in [-0.1, -0.05) is 0 Å². The van der Waals surface area contributed by atoms with Crippen molar-refractivity contribution in [1.29, 1.82) is 0 Å². The number of rotatable bonds is 4. The van der Waals surface area contributed by atoms with Gasteiger partial charge in [-0.2, -0.15) is 0 Å². The van der Waals surface area contributed by atoms with Crippen molar-refractivity contribution in [2.45, 2.75) is 6.92 Å². The summed E-state index contributed by atoms with van der Waals surface area (Å²) in [5.74, 6) is -1.29. The van der Waals surface area contributed by atoms with Crippen molar-refractivity contribution in [1.82, 2.24) is 4.90 Å². The van der Waals surface area contributed by atoms with Crippen molar-refractivity contribution in [2.24, 2.45) is 0 Å². The smallest absolute Gasteiger partial charge is 0.323 e. The molecule has 1 N–H and O–H groups in total. The molecule has 0 atom stereocenters. The van der Waals surface area contributed by atoms with E-state index in [1.807, 2.05) is 0 Å². The molecule has 16 heavy (non-hydrogen) atoms. The van der Waals surface area contributed by atoms with Gasteiger partial charge in [-0.3, -0.25) is 9.59 Å². The quantitative estimate of drug-likeness (QED) is 0.886. The van der Waals surface area contributed by atoms with E-state index >= 15 is 0 Å². The van der Waals surface area contributed by atoms with Gasteiger partial charge in [0.25, 0.3) is 5.91 Å². The summed E-state index contributed by atoms with van der Waals surface area (Å²) in [6.45, 7) is 1.83. The number of aliphatic carboxylic acids is 1. The molecule has 1 rings (SSSR count). The lowest BCUT2D eigenvalue weighted by molar-refractivity contribution is -0.137. The fourth-order valence-corrected chi connectivity index (χ4v) is 3.92. The van der Waals surface area contributed by atoms with Crippen LogP contribution in [0, 0.1) is 0 Å². The van der Waals surface area contributed by atoms with E-state index in [-0.39, 0.29) is 12.5 Å². The number of amides is 1. The Balaban J connectivity index is 2.91. The maximum atomic E-state index is 12.0. The van der Waals surface area contributed by atoms with Gasteiger partial charge in [0.15, 0.2) is 0 Å². The van der Waals surface area contributed by atoms with E-state index in [2.05, 4.69) is 31.9 Å². The zero-order valence-corrected chi connectivity index (χ0v) is 12.4. The van der Waals surface area contributed by atoms with Gasteiger partial charge in [0.05, 0.1) is 13.1 Å². The monoisotopic (exact) mass is 369 g/mol. The third-order valence-electron chi connectivity index (χ3n) is 1.88. The minimum Gasteiger partial charge on any atom is -0.480 e. The highest BCUT2D eigenvalue weighted by atomic mass is 79.9. The van der Waals surface area contributed by atoms with Crippen molar-refractivity contribution in [3.8, 4) is 0 Å². The molecule has 0 unspecified atom stereocenters. The van der Waals surface area contributed by atoms with Gasteiger partial charge < -0.3 is 10.0 Å². The van der Waals surface area contributed by atoms with E-state index in [4.69, 9.17) is 5.11 Å². The number of carboxylic acid groups (broad SMARTS) is 1. The second kappa shape index (κ2) is 5.79. The zero-order valence-electron chi connectivity index (χ0n) is 8.37. The van der Waals surface area contributed by atoms with Crippen LogP contribution in [0.15, 0.2) is 13.6 Å². The molecule has 0 spiro atoms. The predicted octanol–water partition coefficient (Wildman–Crippen LogP) is 2.82. The number of nitrogens with zero attached hydrogens (tertiary/aromatic N) is 1. The van der Waals surface area contributed by atoms with Gasteiger partial charge in [-0.25, -0.2) is 0 Å². The van der Waals surface area contributed by atoms with E-state index in [1.165, 1.54) is 16.2 Å². The summed E-state index contributed by atoms with van der Waals surface area (Å²) < 4.78 is 1.53. The summed E-state index contributed by atoms with van der Waals surface area (Å²) in [5.41, 5.74) is 0.486. The van der Waals surface area contributed by atoms with Crippen LogP contribution in [0.2, 0.25) is 0 Å². The summed E-state index contributed by atoms with van der Waals surface area (Å²) in [5, 5.41) is 8.67. The first-order valence-corrected chi connectivity index (χ1v) is 6.81. The highest BCUT2D eigenvalue weighted by molar-refractivity contribution is 9.12. The molecular weight excluding hydrogens is 362 g/mol. The van der Waals surface area contributed by atoms with Crippen molar-refractivity contribution in [3.05, 3.63) is 19.2 Å². The standard InChI is InChI=1S/C9H9Br2NO3S/c1-2-12(4-7(13)14)9(15)5-3-6(10)16-8(5)11/h3H,2,4H2,1H3,(H,13,14). The Morgan fingerprint density at radius 3 is 2.50 bits per heavy atom. The first-order valence-electron chi connectivity index (χ1n) is 4.41. The largest absolute Gasteiger partial charge is 0.480 e. The van der Waals surface area contributed by atoms with Crippen LogP contribution < -0.4 is 0 Å². The van der Waals surface area contributed by atoms with Gasteiger partial charge in [-0.05, 0) is 44.8 Å². The van der Waals surface area contributed by atoms with Crippen molar-refractivity contribution in [2.75, 3.05) is 13.1 Å². The molecule has 0 aliphatic heterocycles.